The molecule has 2 aromatic carbocycles. The van der Waals surface area contributed by atoms with E-state index in [1.54, 1.807) is 36.2 Å². The first-order valence-corrected chi connectivity index (χ1v) is 8.87. The molecule has 3 rings (SSSR count). The van der Waals surface area contributed by atoms with Crippen molar-refractivity contribution in [3.63, 3.8) is 0 Å². The minimum Gasteiger partial charge on any atom is -0.337 e. The van der Waals surface area contributed by atoms with Gasteiger partial charge in [-0.05, 0) is 36.8 Å². The molecule has 0 radical (unpaired) electrons. The Hall–Kier alpha value is -2.24. The normalized spacial score (nSPS) is 10.7. The van der Waals surface area contributed by atoms with Crippen molar-refractivity contribution < 1.29 is 9.18 Å². The fourth-order valence-corrected chi connectivity index (χ4v) is 3.66. The lowest BCUT2D eigenvalue weighted by Crippen LogP contribution is -2.26. The van der Waals surface area contributed by atoms with Gasteiger partial charge in [-0.2, -0.15) is 0 Å². The van der Waals surface area contributed by atoms with Crippen molar-refractivity contribution in [2.45, 2.75) is 13.5 Å². The summed E-state index contributed by atoms with van der Waals surface area (Å²) in [5.74, 6) is -0.434. The first-order valence-electron chi connectivity index (χ1n) is 7.67. The van der Waals surface area contributed by atoms with Crippen LogP contribution in [0.2, 0.25) is 5.02 Å². The first-order chi connectivity index (χ1) is 11.9. The maximum atomic E-state index is 13.3. The fourth-order valence-electron chi connectivity index (χ4n) is 2.47. The Labute approximate surface area is 154 Å². The number of hydrogen-bond donors (Lipinski definition) is 0. The lowest BCUT2D eigenvalue weighted by atomic mass is 10.2. The number of carbonyl (C=O) groups is 1. The van der Waals surface area contributed by atoms with Crippen molar-refractivity contribution in [1.29, 1.82) is 0 Å². The molecule has 0 N–H and O–H groups in total. The van der Waals surface area contributed by atoms with Crippen LogP contribution in [0.25, 0.3) is 10.6 Å². The average Bonchev–Trinajstić information content (AvgIpc) is 2.96. The molecule has 0 aliphatic rings. The van der Waals surface area contributed by atoms with E-state index in [-0.39, 0.29) is 11.7 Å². The first kappa shape index (κ1) is 17.6. The van der Waals surface area contributed by atoms with Gasteiger partial charge in [-0.3, -0.25) is 4.79 Å². The number of rotatable bonds is 4. The minimum absolute atomic E-state index is 0.125. The van der Waals surface area contributed by atoms with E-state index >= 15 is 0 Å². The Morgan fingerprint density at radius 3 is 2.64 bits per heavy atom. The van der Waals surface area contributed by atoms with Crippen molar-refractivity contribution in [3.8, 4) is 10.6 Å². The molecule has 0 unspecified atom stereocenters. The molecule has 0 bridgehead atoms. The molecule has 0 saturated heterocycles. The molecule has 0 saturated carbocycles. The third kappa shape index (κ3) is 4.06. The van der Waals surface area contributed by atoms with Crippen molar-refractivity contribution in [3.05, 3.63) is 75.5 Å². The molecular weight excluding hydrogens is 359 g/mol. The zero-order valence-electron chi connectivity index (χ0n) is 13.8. The van der Waals surface area contributed by atoms with E-state index in [1.165, 1.54) is 23.5 Å². The number of benzene rings is 2. The second-order valence-corrected chi connectivity index (χ2v) is 7.17. The number of hydrogen-bond acceptors (Lipinski definition) is 3. The number of carbonyl (C=O) groups excluding carboxylic acids is 1. The van der Waals surface area contributed by atoms with Gasteiger partial charge in [-0.25, -0.2) is 9.37 Å². The van der Waals surface area contributed by atoms with Crippen LogP contribution in [0.4, 0.5) is 4.39 Å². The smallest absolute Gasteiger partial charge is 0.265 e. The Morgan fingerprint density at radius 2 is 1.96 bits per heavy atom. The molecule has 128 valence electrons. The second kappa shape index (κ2) is 7.33. The number of halogens is 2. The van der Waals surface area contributed by atoms with Gasteiger partial charge in [0.15, 0.2) is 0 Å². The summed E-state index contributed by atoms with van der Waals surface area (Å²) in [6.45, 7) is 2.16. The highest BCUT2D eigenvalue weighted by Gasteiger charge is 2.20. The zero-order valence-corrected chi connectivity index (χ0v) is 15.4. The summed E-state index contributed by atoms with van der Waals surface area (Å²) in [7, 11) is 1.70. The zero-order chi connectivity index (χ0) is 18.0. The molecule has 3 nitrogen and oxygen atoms in total. The van der Waals surface area contributed by atoms with E-state index in [1.807, 2.05) is 19.1 Å². The van der Waals surface area contributed by atoms with Crippen LogP contribution in [0, 0.1) is 12.7 Å². The Balaban J connectivity index is 1.81. The van der Waals surface area contributed by atoms with E-state index in [0.29, 0.717) is 22.1 Å². The van der Waals surface area contributed by atoms with E-state index in [2.05, 4.69) is 4.98 Å². The van der Waals surface area contributed by atoms with Crippen LogP contribution in [0.1, 0.15) is 20.9 Å². The molecule has 1 heterocycles. The van der Waals surface area contributed by atoms with Crippen molar-refractivity contribution in [2.24, 2.45) is 0 Å². The topological polar surface area (TPSA) is 33.2 Å². The van der Waals surface area contributed by atoms with Crippen LogP contribution < -0.4 is 0 Å². The van der Waals surface area contributed by atoms with Gasteiger partial charge in [0.25, 0.3) is 5.91 Å². The summed E-state index contributed by atoms with van der Waals surface area (Å²) >= 11 is 7.26. The Morgan fingerprint density at radius 1 is 1.24 bits per heavy atom. The summed E-state index contributed by atoms with van der Waals surface area (Å²) < 4.78 is 13.3. The van der Waals surface area contributed by atoms with Crippen molar-refractivity contribution >= 4 is 28.8 Å². The maximum absolute atomic E-state index is 13.3. The number of aryl methyl sites for hydroxylation is 1. The molecular formula is C19H16ClFN2OS. The van der Waals surface area contributed by atoms with Gasteiger partial charge in [-0.15, -0.1) is 11.3 Å². The van der Waals surface area contributed by atoms with Gasteiger partial charge in [-0.1, -0.05) is 35.9 Å². The van der Waals surface area contributed by atoms with Crippen LogP contribution in [0.5, 0.6) is 0 Å². The molecule has 0 atom stereocenters. The molecule has 1 aromatic heterocycles. The molecule has 0 fully saturated rings. The molecule has 0 aliphatic carbocycles. The van der Waals surface area contributed by atoms with Crippen LogP contribution in [0.3, 0.4) is 0 Å². The third-order valence-corrected chi connectivity index (χ3v) is 5.18. The third-order valence-electron chi connectivity index (χ3n) is 3.74. The standard InChI is InChI=1S/C19H16ClFN2OS/c1-12-17(25-18(22-12)14-6-8-15(20)9-7-14)19(24)23(2)11-13-4-3-5-16(21)10-13/h3-10H,11H2,1-2H3. The Kier molecular flexibility index (Phi) is 5.16. The van der Waals surface area contributed by atoms with Gasteiger partial charge in [0.05, 0.1) is 5.69 Å². The van der Waals surface area contributed by atoms with Crippen LogP contribution in [0.15, 0.2) is 48.5 Å². The summed E-state index contributed by atoms with van der Waals surface area (Å²) in [5, 5.41) is 1.43. The predicted octanol–water partition coefficient (Wildman–Crippen LogP) is 5.18. The van der Waals surface area contributed by atoms with E-state index < -0.39 is 0 Å². The van der Waals surface area contributed by atoms with Gasteiger partial charge >= 0.3 is 0 Å². The molecule has 3 aromatic rings. The van der Waals surface area contributed by atoms with Crippen LogP contribution in [-0.2, 0) is 6.54 Å². The molecule has 0 spiro atoms. The predicted molar refractivity (Wildman–Crippen MR) is 99.5 cm³/mol. The lowest BCUT2D eigenvalue weighted by molar-refractivity contribution is 0.0789. The highest BCUT2D eigenvalue weighted by molar-refractivity contribution is 7.17. The highest BCUT2D eigenvalue weighted by Crippen LogP contribution is 2.29. The van der Waals surface area contributed by atoms with Crippen molar-refractivity contribution in [1.82, 2.24) is 9.88 Å². The molecule has 25 heavy (non-hydrogen) atoms. The SMILES string of the molecule is Cc1nc(-c2ccc(Cl)cc2)sc1C(=O)N(C)Cc1cccc(F)c1. The van der Waals surface area contributed by atoms with E-state index in [9.17, 15) is 9.18 Å². The fraction of sp³-hybridized carbons (Fsp3) is 0.158. The van der Waals surface area contributed by atoms with Gasteiger partial charge in [0.2, 0.25) is 0 Å². The van der Waals surface area contributed by atoms with E-state index in [4.69, 9.17) is 11.6 Å². The maximum Gasteiger partial charge on any atom is 0.265 e. The number of aromatic nitrogens is 1. The Bertz CT molecular complexity index is 908. The minimum atomic E-state index is -0.308. The van der Waals surface area contributed by atoms with Gasteiger partial charge < -0.3 is 4.90 Å². The number of nitrogens with zero attached hydrogens (tertiary/aromatic N) is 2. The lowest BCUT2D eigenvalue weighted by Gasteiger charge is -2.16. The molecule has 0 aliphatic heterocycles. The summed E-state index contributed by atoms with van der Waals surface area (Å²) in [5.41, 5.74) is 2.35. The highest BCUT2D eigenvalue weighted by atomic mass is 35.5. The molecule has 6 heteroatoms. The van der Waals surface area contributed by atoms with E-state index in [0.717, 1.165) is 16.1 Å². The monoisotopic (exact) mass is 374 g/mol. The van der Waals surface area contributed by atoms with Crippen LogP contribution in [-0.4, -0.2) is 22.8 Å². The molecule has 1 amide bonds. The number of amides is 1. The average molecular weight is 375 g/mol. The number of thiazole rings is 1. The van der Waals surface area contributed by atoms with Crippen LogP contribution >= 0.6 is 22.9 Å². The quantitative estimate of drug-likeness (QED) is 0.630. The summed E-state index contributed by atoms with van der Waals surface area (Å²) in [4.78, 5) is 19.4. The largest absolute Gasteiger partial charge is 0.337 e. The second-order valence-electron chi connectivity index (χ2n) is 5.73. The van der Waals surface area contributed by atoms with Gasteiger partial charge in [0, 0.05) is 24.2 Å². The van der Waals surface area contributed by atoms with Crippen molar-refractivity contribution in [2.75, 3.05) is 7.05 Å². The summed E-state index contributed by atoms with van der Waals surface area (Å²) in [6.07, 6.45) is 0. The van der Waals surface area contributed by atoms with Gasteiger partial charge in [0.1, 0.15) is 15.7 Å². The summed E-state index contributed by atoms with van der Waals surface area (Å²) in [6, 6.07) is 13.6.